The predicted molar refractivity (Wildman–Crippen MR) is 280 cm³/mol. The van der Waals surface area contributed by atoms with E-state index in [2.05, 4.69) is 45.7 Å². The van der Waals surface area contributed by atoms with Gasteiger partial charge in [0.2, 0.25) is 18.0 Å². The van der Waals surface area contributed by atoms with Gasteiger partial charge in [-0.2, -0.15) is 0 Å². The first-order valence-corrected chi connectivity index (χ1v) is 26.6. The third-order valence-corrected chi connectivity index (χ3v) is 16.0. The van der Waals surface area contributed by atoms with E-state index in [0.29, 0.717) is 85.3 Å². The van der Waals surface area contributed by atoms with Gasteiger partial charge in [0.15, 0.2) is 0 Å². The summed E-state index contributed by atoms with van der Waals surface area (Å²) in [5, 5.41) is 6.40. The van der Waals surface area contributed by atoms with Crippen LogP contribution in [-0.4, -0.2) is 116 Å². The summed E-state index contributed by atoms with van der Waals surface area (Å²) >= 11 is 0. The van der Waals surface area contributed by atoms with Gasteiger partial charge in [-0.15, -0.1) is 0 Å². The molecular formula is C57H66FN9O9. The Bertz CT molecular complexity index is 3220. The molecule has 0 radical (unpaired) electrons. The molecule has 3 fully saturated rings. The molecule has 5 aliphatic rings. The van der Waals surface area contributed by atoms with E-state index in [9.17, 15) is 19.2 Å². The van der Waals surface area contributed by atoms with Crippen molar-refractivity contribution in [3.8, 4) is 45.3 Å². The number of benzene rings is 3. The van der Waals surface area contributed by atoms with E-state index in [4.69, 9.17) is 33.7 Å². The Balaban J connectivity index is 0.914. The van der Waals surface area contributed by atoms with Gasteiger partial charge >= 0.3 is 12.2 Å². The number of hydrogen-bond acceptors (Lipinski definition) is 11. The fraction of sp³-hybridized carbons (Fsp3) is 0.474. The molecule has 8 heterocycles. The van der Waals surface area contributed by atoms with Gasteiger partial charge in [0.05, 0.1) is 78.6 Å². The largest absolute Gasteiger partial charge is 0.490 e. The molecule has 0 aliphatic carbocycles. The number of halogens is 1. The molecule has 400 valence electrons. The van der Waals surface area contributed by atoms with Crippen LogP contribution in [-0.2, 0) is 30.2 Å². The second kappa shape index (κ2) is 20.3. The molecule has 18 nitrogen and oxygen atoms in total. The third kappa shape index (κ3) is 9.51. The second-order valence-corrected chi connectivity index (χ2v) is 21.9. The summed E-state index contributed by atoms with van der Waals surface area (Å²) < 4.78 is 48.2. The fourth-order valence-corrected chi connectivity index (χ4v) is 12.1. The summed E-state index contributed by atoms with van der Waals surface area (Å²) in [5.74, 6) is 1.16. The average molecular weight is 1040 g/mol. The number of fused-ring (bicyclic) bond motifs is 6. The van der Waals surface area contributed by atoms with Crippen LogP contribution in [0.25, 0.3) is 44.7 Å². The van der Waals surface area contributed by atoms with Gasteiger partial charge in [-0.3, -0.25) is 9.59 Å². The van der Waals surface area contributed by atoms with E-state index < -0.39 is 41.9 Å². The van der Waals surface area contributed by atoms with E-state index in [1.54, 1.807) is 17.3 Å². The first-order valence-electron chi connectivity index (χ1n) is 26.6. The van der Waals surface area contributed by atoms with E-state index in [-0.39, 0.29) is 41.8 Å². The molecule has 3 aromatic heterocycles. The van der Waals surface area contributed by atoms with Gasteiger partial charge in [-0.1, -0.05) is 32.0 Å². The highest BCUT2D eigenvalue weighted by molar-refractivity contribution is 5.93. The standard InChI is InChI=1S/C57H66FN9O9/c1-30(2)48(63-55(70)72-6)52(68)65-19-8-10-42(65)51-60-29-40(62-51)36-23-38(58)47-44-24-37-22-33(16-17-41(37)67(44)54(76-46(47)26-36)34-15-14-32-13-12-31(3)75-45(32)25-34)39-28-59-50(61-39)43-11-9-20-66(43)53(69)49(64-56(71)73-7)35-18-21-74-57(4,5)27-35/h14-17,22-26,28-31,35,42-43,48-49,54H,8-13,18-21,27H2,1-7H3,(H,59,61)(H,60,62)(H,63,70)(H,64,71)/t31?,35?,42-,43-,48?,49?,54?/m0/s1. The number of carbonyl (C=O) groups is 4. The number of carbonyl (C=O) groups excluding carboxylic acids is 4. The van der Waals surface area contributed by atoms with Gasteiger partial charge in [-0.25, -0.2) is 23.9 Å². The van der Waals surface area contributed by atoms with Crippen molar-refractivity contribution in [2.24, 2.45) is 11.8 Å². The Morgan fingerprint density at radius 2 is 1.47 bits per heavy atom. The Morgan fingerprint density at radius 1 is 0.789 bits per heavy atom. The van der Waals surface area contributed by atoms with E-state index in [1.807, 2.05) is 67.5 Å². The molecule has 0 saturated carbocycles. The smallest absolute Gasteiger partial charge is 0.407 e. The average Bonchev–Trinajstić information content (AvgIpc) is 4.30. The molecule has 7 atom stereocenters. The van der Waals surface area contributed by atoms with Crippen molar-refractivity contribution in [2.75, 3.05) is 33.9 Å². The van der Waals surface area contributed by atoms with Gasteiger partial charge in [0.25, 0.3) is 0 Å². The number of imidazole rings is 2. The Hall–Kier alpha value is -7.41. The van der Waals surface area contributed by atoms with Crippen molar-refractivity contribution in [1.29, 1.82) is 0 Å². The van der Waals surface area contributed by atoms with Crippen molar-refractivity contribution in [1.82, 2.24) is 44.9 Å². The van der Waals surface area contributed by atoms with Crippen molar-refractivity contribution in [3.63, 3.8) is 0 Å². The molecule has 0 spiro atoms. The van der Waals surface area contributed by atoms with Crippen LogP contribution < -0.4 is 20.1 Å². The number of rotatable bonds is 11. The molecule has 5 unspecified atom stereocenters. The molecule has 19 heteroatoms. The molecule has 6 aromatic rings. The summed E-state index contributed by atoms with van der Waals surface area (Å²) in [6, 6.07) is 15.3. The third-order valence-electron chi connectivity index (χ3n) is 16.0. The van der Waals surface area contributed by atoms with E-state index >= 15 is 4.39 Å². The van der Waals surface area contributed by atoms with Crippen molar-refractivity contribution < 1.29 is 47.3 Å². The first-order chi connectivity index (χ1) is 36.6. The number of aromatic nitrogens is 5. The topological polar surface area (TPSA) is 207 Å². The normalized spacial score (nSPS) is 22.5. The molecule has 5 aliphatic heterocycles. The van der Waals surface area contributed by atoms with Crippen LogP contribution in [0.4, 0.5) is 14.0 Å². The van der Waals surface area contributed by atoms with Crippen LogP contribution >= 0.6 is 0 Å². The van der Waals surface area contributed by atoms with Crippen molar-refractivity contribution in [2.45, 2.75) is 128 Å². The quantitative estimate of drug-likeness (QED) is 0.0961. The molecular weight excluding hydrogens is 974 g/mol. The Kier molecular flexibility index (Phi) is 13.5. The summed E-state index contributed by atoms with van der Waals surface area (Å²) in [5.41, 5.74) is 5.97. The summed E-state index contributed by atoms with van der Waals surface area (Å²) in [4.78, 5) is 73.3. The number of ether oxygens (including phenoxy) is 5. The fourth-order valence-electron chi connectivity index (χ4n) is 12.1. The molecule has 4 amide bonds. The highest BCUT2D eigenvalue weighted by Crippen LogP contribution is 2.48. The number of methoxy groups -OCH3 is 2. The minimum Gasteiger partial charge on any atom is -0.490 e. The van der Waals surface area contributed by atoms with Gasteiger partial charge in [0, 0.05) is 41.8 Å². The maximum Gasteiger partial charge on any atom is 0.407 e. The first kappa shape index (κ1) is 50.7. The Labute approximate surface area is 440 Å². The lowest BCUT2D eigenvalue weighted by atomic mass is 9.82. The maximum absolute atomic E-state index is 17.1. The number of aromatic amines is 2. The SMILES string of the molecule is COC(=O)NC(C(=O)N1CCC[C@H]1c1ncc(-c2cc(F)c3c(c2)OC(c2ccc4c(c2)OC(C)CC4)n2c-3cc3cc(-c4cnc([C@@H]5CCCN5C(=O)C(NC(=O)OC)C5CCOC(C)(C)C5)[nH]4)ccc32)[nH]1)C(C)C. The Morgan fingerprint density at radius 3 is 2.16 bits per heavy atom. The number of nitrogens with one attached hydrogen (secondary N) is 4. The monoisotopic (exact) mass is 1040 g/mol. The summed E-state index contributed by atoms with van der Waals surface area (Å²) in [7, 11) is 2.57. The van der Waals surface area contributed by atoms with Crippen molar-refractivity contribution in [3.05, 3.63) is 95.6 Å². The van der Waals surface area contributed by atoms with Crippen LogP contribution in [0.5, 0.6) is 11.5 Å². The minimum atomic E-state index is -0.784. The van der Waals surface area contributed by atoms with Crippen molar-refractivity contribution >= 4 is 34.9 Å². The lowest BCUT2D eigenvalue weighted by Gasteiger charge is -2.40. The number of H-pyrrole nitrogens is 2. The molecule has 3 saturated heterocycles. The van der Waals surface area contributed by atoms with E-state index in [1.165, 1.54) is 20.3 Å². The molecule has 3 aromatic carbocycles. The highest BCUT2D eigenvalue weighted by Gasteiger charge is 2.44. The zero-order valence-corrected chi connectivity index (χ0v) is 44.0. The summed E-state index contributed by atoms with van der Waals surface area (Å²) in [6.07, 6.45) is 7.40. The number of alkyl carbamates (subject to hydrolysis) is 2. The van der Waals surface area contributed by atoms with Crippen LogP contribution in [0.3, 0.4) is 0 Å². The number of nitrogens with zero attached hydrogens (tertiary/aromatic N) is 5. The molecule has 4 N–H and O–H groups in total. The number of aryl methyl sites for hydroxylation is 1. The predicted octanol–water partition coefficient (Wildman–Crippen LogP) is 9.52. The highest BCUT2D eigenvalue weighted by atomic mass is 19.1. The zero-order chi connectivity index (χ0) is 53.2. The number of hydrogen-bond donors (Lipinski definition) is 4. The van der Waals surface area contributed by atoms with Gasteiger partial charge in [-0.05, 0) is 126 Å². The summed E-state index contributed by atoms with van der Waals surface area (Å²) in [6.45, 7) is 11.3. The van der Waals surface area contributed by atoms with Gasteiger partial charge in [0.1, 0.15) is 41.0 Å². The molecule has 0 bridgehead atoms. The number of amides is 4. The minimum absolute atomic E-state index is 0.0566. The van der Waals surface area contributed by atoms with E-state index in [0.717, 1.165) is 64.7 Å². The number of likely N-dealkylation sites (tertiary alicyclic amines) is 2. The van der Waals surface area contributed by atoms with Crippen LogP contribution in [0, 0.1) is 17.7 Å². The van der Waals surface area contributed by atoms with Crippen LogP contribution in [0.1, 0.15) is 121 Å². The lowest BCUT2D eigenvalue weighted by Crippen LogP contribution is -2.54. The second-order valence-electron chi connectivity index (χ2n) is 21.9. The molecule has 11 rings (SSSR count). The maximum atomic E-state index is 17.1. The van der Waals surface area contributed by atoms with Crippen LogP contribution in [0.2, 0.25) is 0 Å². The van der Waals surface area contributed by atoms with Gasteiger partial charge < -0.3 is 58.7 Å². The lowest BCUT2D eigenvalue weighted by molar-refractivity contribution is -0.139. The molecule has 76 heavy (non-hydrogen) atoms. The zero-order valence-electron chi connectivity index (χ0n) is 44.0. The van der Waals surface area contributed by atoms with Crippen LogP contribution in [0.15, 0.2) is 67.0 Å².